The van der Waals surface area contributed by atoms with Crippen LogP contribution >= 0.6 is 11.3 Å². The van der Waals surface area contributed by atoms with E-state index in [0.29, 0.717) is 56.4 Å². The molecule has 1 aromatic heterocycles. The zero-order valence-electron chi connectivity index (χ0n) is 23.1. The van der Waals surface area contributed by atoms with Crippen molar-refractivity contribution in [1.29, 1.82) is 0 Å². The first-order valence-electron chi connectivity index (χ1n) is 13.2. The fourth-order valence-electron chi connectivity index (χ4n) is 5.15. The molecule has 40 heavy (non-hydrogen) atoms. The third-order valence-electron chi connectivity index (χ3n) is 7.24. The molecule has 2 amide bonds. The van der Waals surface area contributed by atoms with Crippen molar-refractivity contribution in [3.05, 3.63) is 91.1 Å². The summed E-state index contributed by atoms with van der Waals surface area (Å²) in [4.78, 5) is 48.1. The Labute approximate surface area is 236 Å². The lowest BCUT2D eigenvalue weighted by Gasteiger charge is -2.29. The van der Waals surface area contributed by atoms with Gasteiger partial charge in [0.2, 0.25) is 0 Å². The number of anilines is 1. The van der Waals surface area contributed by atoms with E-state index in [1.165, 1.54) is 16.3 Å². The lowest BCUT2D eigenvalue weighted by Crippen LogP contribution is -2.43. The smallest absolute Gasteiger partial charge is 0.270 e. The standard InChI is InChI=1S/C30H31N5O4S/c1-6-33(7-2)29(38)25-19(4)31-30-34(26(25)21-15-11-12-16-23(21)39-5)28(37)24(40-30)17-22-18(3)32-35(27(22)36)20-13-9-8-10-14-20/h8-17,22,26H,6-7H2,1-5H3/b24-17-/t22-,26+/m1/s1. The zero-order valence-corrected chi connectivity index (χ0v) is 23.9. The van der Waals surface area contributed by atoms with Crippen LogP contribution < -0.4 is 24.6 Å². The highest BCUT2D eigenvalue weighted by molar-refractivity contribution is 7.07. The number of carbonyl (C=O) groups excluding carboxylic acids is 2. The van der Waals surface area contributed by atoms with Gasteiger partial charge in [0.1, 0.15) is 17.7 Å². The second-order valence-electron chi connectivity index (χ2n) is 9.53. The highest BCUT2D eigenvalue weighted by Crippen LogP contribution is 2.36. The number of hydrazone groups is 1. The molecule has 0 bridgehead atoms. The predicted molar refractivity (Wildman–Crippen MR) is 156 cm³/mol. The number of hydrogen-bond acceptors (Lipinski definition) is 7. The maximum Gasteiger partial charge on any atom is 0.270 e. The summed E-state index contributed by atoms with van der Waals surface area (Å²) in [5, 5.41) is 5.84. The number of para-hydroxylation sites is 2. The van der Waals surface area contributed by atoms with Crippen molar-refractivity contribution in [2.75, 3.05) is 25.2 Å². The minimum Gasteiger partial charge on any atom is -0.496 e. The van der Waals surface area contributed by atoms with Crippen LogP contribution in [0.25, 0.3) is 6.08 Å². The first-order chi connectivity index (χ1) is 19.3. The number of rotatable bonds is 7. The van der Waals surface area contributed by atoms with Gasteiger partial charge in [-0.15, -0.1) is 0 Å². The molecule has 0 unspecified atom stereocenters. The molecule has 0 radical (unpaired) electrons. The van der Waals surface area contributed by atoms with E-state index in [9.17, 15) is 14.4 Å². The van der Waals surface area contributed by atoms with Crippen molar-refractivity contribution in [1.82, 2.24) is 9.47 Å². The molecule has 3 heterocycles. The monoisotopic (exact) mass is 557 g/mol. The van der Waals surface area contributed by atoms with Crippen LogP contribution in [0.15, 0.2) is 80.8 Å². The number of carbonyl (C=O) groups is 2. The molecule has 0 aliphatic carbocycles. The molecule has 0 N–H and O–H groups in total. The van der Waals surface area contributed by atoms with Gasteiger partial charge in [0, 0.05) is 18.7 Å². The van der Waals surface area contributed by atoms with Gasteiger partial charge in [-0.3, -0.25) is 19.0 Å². The fourth-order valence-corrected chi connectivity index (χ4v) is 6.21. The number of ether oxygens (including phenoxy) is 1. The van der Waals surface area contributed by atoms with Gasteiger partial charge in [-0.2, -0.15) is 10.1 Å². The quantitative estimate of drug-likeness (QED) is 0.446. The van der Waals surface area contributed by atoms with Crippen LogP contribution in [0.2, 0.25) is 0 Å². The number of methoxy groups -OCH3 is 1. The van der Waals surface area contributed by atoms with Gasteiger partial charge in [0.15, 0.2) is 4.80 Å². The van der Waals surface area contributed by atoms with Crippen LogP contribution in [0.4, 0.5) is 5.69 Å². The van der Waals surface area contributed by atoms with E-state index >= 15 is 0 Å². The summed E-state index contributed by atoms with van der Waals surface area (Å²) in [6.07, 6.45) is 1.67. The van der Waals surface area contributed by atoms with Crippen LogP contribution in [0, 0.1) is 5.92 Å². The van der Waals surface area contributed by atoms with E-state index in [0.717, 1.165) is 0 Å². The Kier molecular flexibility index (Phi) is 7.53. The van der Waals surface area contributed by atoms with E-state index in [4.69, 9.17) is 9.73 Å². The number of thiazole rings is 1. The van der Waals surface area contributed by atoms with Gasteiger partial charge >= 0.3 is 0 Å². The molecule has 0 saturated heterocycles. The molecule has 0 spiro atoms. The Bertz CT molecular complexity index is 1720. The van der Waals surface area contributed by atoms with Gasteiger partial charge in [0.25, 0.3) is 17.4 Å². The highest BCUT2D eigenvalue weighted by atomic mass is 32.1. The van der Waals surface area contributed by atoms with E-state index < -0.39 is 12.0 Å². The fraction of sp³-hybridized carbons (Fsp3) is 0.300. The van der Waals surface area contributed by atoms with E-state index in [2.05, 4.69) is 5.10 Å². The van der Waals surface area contributed by atoms with Crippen LogP contribution in [0.5, 0.6) is 5.75 Å². The van der Waals surface area contributed by atoms with Gasteiger partial charge in [0.05, 0.1) is 34.3 Å². The third-order valence-corrected chi connectivity index (χ3v) is 8.24. The SMILES string of the molecule is CCN(CC)C(=O)C1=C(C)N=c2s/c(=C\[C@H]3C(=O)N(c4ccccc4)N=C3C)c(=O)n2[C@H]1c1ccccc1OC. The van der Waals surface area contributed by atoms with E-state index in [1.807, 2.05) is 68.4 Å². The molecular weight excluding hydrogens is 526 g/mol. The van der Waals surface area contributed by atoms with Crippen LogP contribution in [-0.4, -0.2) is 47.2 Å². The molecule has 2 aliphatic rings. The molecular formula is C30H31N5O4S. The van der Waals surface area contributed by atoms with Gasteiger partial charge in [-0.1, -0.05) is 47.7 Å². The molecule has 3 aromatic rings. The lowest BCUT2D eigenvalue weighted by atomic mass is 9.94. The molecule has 2 atom stereocenters. The van der Waals surface area contributed by atoms with Crippen molar-refractivity contribution in [3.63, 3.8) is 0 Å². The largest absolute Gasteiger partial charge is 0.496 e. The summed E-state index contributed by atoms with van der Waals surface area (Å²) in [6, 6.07) is 15.8. The number of hydrogen-bond donors (Lipinski definition) is 0. The molecule has 10 heteroatoms. The number of likely N-dealkylation sites (N-methyl/N-ethyl adjacent to an activating group) is 1. The topological polar surface area (TPSA) is 96.6 Å². The van der Waals surface area contributed by atoms with Crippen molar-refractivity contribution in [2.45, 2.75) is 33.7 Å². The Morgan fingerprint density at radius 1 is 1.05 bits per heavy atom. The summed E-state index contributed by atoms with van der Waals surface area (Å²) >= 11 is 1.20. The third kappa shape index (κ3) is 4.58. The maximum absolute atomic E-state index is 14.1. The van der Waals surface area contributed by atoms with Crippen molar-refractivity contribution >= 4 is 40.6 Å². The van der Waals surface area contributed by atoms with Crippen molar-refractivity contribution < 1.29 is 14.3 Å². The second-order valence-corrected chi connectivity index (χ2v) is 10.5. The molecule has 0 fully saturated rings. The van der Waals surface area contributed by atoms with Gasteiger partial charge in [-0.25, -0.2) is 4.99 Å². The summed E-state index contributed by atoms with van der Waals surface area (Å²) in [5.41, 5.74) is 2.59. The van der Waals surface area contributed by atoms with Crippen molar-refractivity contribution in [3.8, 4) is 5.75 Å². The number of fused-ring (bicyclic) bond motifs is 1. The summed E-state index contributed by atoms with van der Waals surface area (Å²) in [7, 11) is 1.57. The minimum atomic E-state index is -0.738. The number of amides is 2. The molecule has 206 valence electrons. The second kappa shape index (κ2) is 11.1. The summed E-state index contributed by atoms with van der Waals surface area (Å²) < 4.78 is 7.58. The Morgan fingerprint density at radius 2 is 1.73 bits per heavy atom. The molecule has 9 nitrogen and oxygen atoms in total. The van der Waals surface area contributed by atoms with Gasteiger partial charge in [-0.05, 0) is 52.0 Å². The number of aromatic nitrogens is 1. The van der Waals surface area contributed by atoms with Crippen LogP contribution in [0.1, 0.15) is 39.3 Å². The first kappa shape index (κ1) is 27.3. The van der Waals surface area contributed by atoms with Crippen LogP contribution in [-0.2, 0) is 9.59 Å². The summed E-state index contributed by atoms with van der Waals surface area (Å²) in [5.74, 6) is -0.536. The molecule has 2 aromatic carbocycles. The lowest BCUT2D eigenvalue weighted by molar-refractivity contribution is -0.127. The zero-order chi connectivity index (χ0) is 28.6. The Hall–Kier alpha value is -4.31. The average Bonchev–Trinajstić information content (AvgIpc) is 3.43. The normalized spacial score (nSPS) is 18.9. The predicted octanol–water partition coefficient (Wildman–Crippen LogP) is 3.10. The average molecular weight is 558 g/mol. The van der Waals surface area contributed by atoms with E-state index in [-0.39, 0.29) is 17.4 Å². The number of nitrogens with zero attached hydrogens (tertiary/aromatic N) is 5. The highest BCUT2D eigenvalue weighted by Gasteiger charge is 2.37. The molecule has 0 saturated carbocycles. The number of allylic oxidation sites excluding steroid dienone is 1. The maximum atomic E-state index is 14.1. The molecule has 5 rings (SSSR count). The van der Waals surface area contributed by atoms with E-state index in [1.54, 1.807) is 36.5 Å². The molecule has 2 aliphatic heterocycles. The minimum absolute atomic E-state index is 0.177. The first-order valence-corrected chi connectivity index (χ1v) is 14.0. The number of benzene rings is 2. The van der Waals surface area contributed by atoms with Crippen molar-refractivity contribution in [2.24, 2.45) is 16.0 Å². The van der Waals surface area contributed by atoms with Gasteiger partial charge < -0.3 is 9.64 Å². The summed E-state index contributed by atoms with van der Waals surface area (Å²) in [6.45, 7) is 8.47. The Morgan fingerprint density at radius 3 is 2.40 bits per heavy atom. The van der Waals surface area contributed by atoms with Crippen LogP contribution in [0.3, 0.4) is 0 Å². The Balaban J connectivity index is 1.67.